The standard InChI is InChI=1S/C29H25N9O4/c1-16-10-11-37-24(16)29(41)38(19-6-4-3-5-7-19)27(36-37)17(2)34-26-23(25(30)32-14-33-26)28(40)35-18-8-9-20(21(39)12-18)22-13-31-15-42-22/h3-15,17,39H,1-2H3,(H,35,40)(H3,30,32,33,34)/t17-/m0/s1. The molecule has 0 spiro atoms. The zero-order valence-electron chi connectivity index (χ0n) is 22.5. The number of nitrogens with one attached hydrogen (secondary N) is 2. The summed E-state index contributed by atoms with van der Waals surface area (Å²) in [5.41, 5.74) is 8.48. The van der Waals surface area contributed by atoms with Crippen LogP contribution in [0, 0.1) is 6.92 Å². The number of hydrogen-bond donors (Lipinski definition) is 4. The summed E-state index contributed by atoms with van der Waals surface area (Å²) in [6.45, 7) is 3.65. The number of oxazole rings is 1. The summed E-state index contributed by atoms with van der Waals surface area (Å²) in [4.78, 5) is 39.2. The third-order valence-electron chi connectivity index (χ3n) is 6.73. The largest absolute Gasteiger partial charge is 0.507 e. The highest BCUT2D eigenvalue weighted by molar-refractivity contribution is 6.10. The van der Waals surface area contributed by atoms with Gasteiger partial charge in [-0.15, -0.1) is 0 Å². The van der Waals surface area contributed by atoms with Gasteiger partial charge in [-0.25, -0.2) is 19.5 Å². The molecule has 1 atom stereocenters. The van der Waals surface area contributed by atoms with Crippen LogP contribution in [0.15, 0.2) is 88.9 Å². The fourth-order valence-electron chi connectivity index (χ4n) is 4.70. The van der Waals surface area contributed by atoms with Crippen LogP contribution in [0.4, 0.5) is 17.3 Å². The molecule has 42 heavy (non-hydrogen) atoms. The van der Waals surface area contributed by atoms with Crippen molar-refractivity contribution in [3.05, 3.63) is 107 Å². The van der Waals surface area contributed by atoms with Gasteiger partial charge in [0.05, 0.1) is 23.5 Å². The average Bonchev–Trinajstić information content (AvgIpc) is 3.64. The molecular formula is C29H25N9O4. The Kier molecular flexibility index (Phi) is 6.59. The van der Waals surface area contributed by atoms with Crippen LogP contribution in [-0.4, -0.2) is 40.1 Å². The second-order valence-electron chi connectivity index (χ2n) is 9.53. The maximum atomic E-state index is 13.7. The molecule has 6 aromatic rings. The number of rotatable bonds is 7. The van der Waals surface area contributed by atoms with E-state index < -0.39 is 11.9 Å². The summed E-state index contributed by atoms with van der Waals surface area (Å²) in [5.74, 6) is 0.0966. The SMILES string of the molecule is Cc1ccn2nc([C@H](C)Nc3ncnc(N)c3C(=O)Nc3ccc(-c4cnco4)c(O)c3)n(-c3ccccc3)c(=O)c12. The first-order chi connectivity index (χ1) is 20.3. The summed E-state index contributed by atoms with van der Waals surface area (Å²) < 4.78 is 8.31. The molecule has 13 nitrogen and oxygen atoms in total. The lowest BCUT2D eigenvalue weighted by Crippen LogP contribution is -2.30. The van der Waals surface area contributed by atoms with Crippen molar-refractivity contribution in [3.63, 3.8) is 0 Å². The number of phenols is 1. The van der Waals surface area contributed by atoms with Crippen LogP contribution in [0.25, 0.3) is 22.5 Å². The van der Waals surface area contributed by atoms with E-state index in [1.165, 1.54) is 29.6 Å². The Labute approximate surface area is 238 Å². The lowest BCUT2D eigenvalue weighted by molar-refractivity contribution is 0.102. The first kappa shape index (κ1) is 26.3. The third-order valence-corrected chi connectivity index (χ3v) is 6.73. The van der Waals surface area contributed by atoms with E-state index in [0.717, 1.165) is 5.56 Å². The highest BCUT2D eigenvalue weighted by Crippen LogP contribution is 2.32. The third kappa shape index (κ3) is 4.68. The number of carbonyl (C=O) groups excluding carboxylic acids is 1. The van der Waals surface area contributed by atoms with Gasteiger partial charge >= 0.3 is 0 Å². The maximum Gasteiger partial charge on any atom is 0.282 e. The minimum absolute atomic E-state index is 0.0188. The number of aromatic nitrogens is 6. The van der Waals surface area contributed by atoms with Crippen molar-refractivity contribution in [2.75, 3.05) is 16.4 Å². The molecule has 210 valence electrons. The van der Waals surface area contributed by atoms with Gasteiger partial charge < -0.3 is 25.9 Å². The van der Waals surface area contributed by atoms with Crippen molar-refractivity contribution in [2.45, 2.75) is 19.9 Å². The zero-order chi connectivity index (χ0) is 29.4. The molecule has 0 unspecified atom stereocenters. The number of aryl methyl sites for hydroxylation is 1. The molecule has 0 fully saturated rings. The second-order valence-corrected chi connectivity index (χ2v) is 9.53. The molecule has 1 amide bonds. The van der Waals surface area contributed by atoms with Crippen molar-refractivity contribution in [1.82, 2.24) is 29.1 Å². The smallest absolute Gasteiger partial charge is 0.282 e. The number of aromatic hydroxyl groups is 1. The van der Waals surface area contributed by atoms with E-state index in [1.54, 1.807) is 29.8 Å². The number of fused-ring (bicyclic) bond motifs is 1. The van der Waals surface area contributed by atoms with E-state index in [9.17, 15) is 14.7 Å². The molecule has 0 saturated heterocycles. The Morgan fingerprint density at radius 1 is 1.12 bits per heavy atom. The number of amides is 1. The predicted molar refractivity (Wildman–Crippen MR) is 156 cm³/mol. The maximum absolute atomic E-state index is 13.7. The van der Waals surface area contributed by atoms with E-state index in [4.69, 9.17) is 15.2 Å². The zero-order valence-corrected chi connectivity index (χ0v) is 22.5. The van der Waals surface area contributed by atoms with E-state index in [1.807, 2.05) is 43.3 Å². The number of carbonyl (C=O) groups is 1. The molecule has 4 aromatic heterocycles. The van der Waals surface area contributed by atoms with Crippen molar-refractivity contribution < 1.29 is 14.3 Å². The van der Waals surface area contributed by atoms with Crippen molar-refractivity contribution in [1.29, 1.82) is 0 Å². The van der Waals surface area contributed by atoms with Crippen molar-refractivity contribution in [3.8, 4) is 22.8 Å². The Bertz CT molecular complexity index is 1980. The molecule has 0 aliphatic rings. The van der Waals surface area contributed by atoms with Crippen LogP contribution >= 0.6 is 0 Å². The monoisotopic (exact) mass is 563 g/mol. The summed E-state index contributed by atoms with van der Waals surface area (Å²) in [7, 11) is 0. The van der Waals surface area contributed by atoms with E-state index in [-0.39, 0.29) is 28.5 Å². The van der Waals surface area contributed by atoms with Crippen LogP contribution < -0.4 is 21.9 Å². The summed E-state index contributed by atoms with van der Waals surface area (Å²) in [6.07, 6.45) is 5.68. The molecule has 0 saturated carbocycles. The lowest BCUT2D eigenvalue weighted by atomic mass is 10.1. The van der Waals surface area contributed by atoms with E-state index in [0.29, 0.717) is 34.0 Å². The molecule has 13 heteroatoms. The summed E-state index contributed by atoms with van der Waals surface area (Å²) >= 11 is 0. The Morgan fingerprint density at radius 2 is 1.93 bits per heavy atom. The van der Waals surface area contributed by atoms with Crippen LogP contribution in [0.2, 0.25) is 0 Å². The number of nitrogens with zero attached hydrogens (tertiary/aromatic N) is 6. The molecule has 0 aliphatic carbocycles. The van der Waals surface area contributed by atoms with E-state index >= 15 is 0 Å². The molecule has 0 radical (unpaired) electrons. The summed E-state index contributed by atoms with van der Waals surface area (Å²) in [5, 5.41) is 21.1. The number of nitrogen functional groups attached to an aromatic ring is 1. The quantitative estimate of drug-likeness (QED) is 0.222. The molecule has 0 aliphatic heterocycles. The predicted octanol–water partition coefficient (Wildman–Crippen LogP) is 3.95. The topological polar surface area (TPSA) is 178 Å². The molecule has 0 bridgehead atoms. The first-order valence-electron chi connectivity index (χ1n) is 12.9. The van der Waals surface area contributed by atoms with Gasteiger partial charge in [-0.2, -0.15) is 5.10 Å². The van der Waals surface area contributed by atoms with Gasteiger partial charge in [0.15, 0.2) is 18.0 Å². The van der Waals surface area contributed by atoms with Gasteiger partial charge in [0.25, 0.3) is 11.5 Å². The van der Waals surface area contributed by atoms with Gasteiger partial charge in [-0.05, 0) is 49.7 Å². The van der Waals surface area contributed by atoms with Crippen LogP contribution in [-0.2, 0) is 0 Å². The van der Waals surface area contributed by atoms with Gasteiger partial charge in [0, 0.05) is 18.0 Å². The number of nitrogens with two attached hydrogens (primary N) is 1. The van der Waals surface area contributed by atoms with Crippen molar-refractivity contribution >= 4 is 28.7 Å². The van der Waals surface area contributed by atoms with Crippen LogP contribution in [0.3, 0.4) is 0 Å². The Balaban J connectivity index is 1.34. The Hall–Kier alpha value is -5.98. The number of benzene rings is 2. The fourth-order valence-corrected chi connectivity index (χ4v) is 4.70. The highest BCUT2D eigenvalue weighted by Gasteiger charge is 2.24. The number of para-hydroxylation sites is 1. The fraction of sp³-hybridized carbons (Fsp3) is 0.103. The highest BCUT2D eigenvalue weighted by atomic mass is 16.3. The summed E-state index contributed by atoms with van der Waals surface area (Å²) in [6, 6.07) is 14.9. The van der Waals surface area contributed by atoms with E-state index in [2.05, 4.69) is 25.6 Å². The minimum atomic E-state index is -0.615. The lowest BCUT2D eigenvalue weighted by Gasteiger charge is -2.21. The number of phenolic OH excluding ortho intramolecular Hbond substituents is 1. The van der Waals surface area contributed by atoms with Crippen molar-refractivity contribution in [2.24, 2.45) is 0 Å². The molecule has 2 aromatic carbocycles. The molecule has 4 heterocycles. The molecule has 5 N–H and O–H groups in total. The van der Waals surface area contributed by atoms with Crippen LogP contribution in [0.1, 0.15) is 34.7 Å². The number of hydrogen-bond acceptors (Lipinski definition) is 10. The van der Waals surface area contributed by atoms with Gasteiger partial charge in [-0.3, -0.25) is 14.2 Å². The second kappa shape index (κ2) is 10.5. The van der Waals surface area contributed by atoms with Gasteiger partial charge in [-0.1, -0.05) is 18.2 Å². The average molecular weight is 564 g/mol. The van der Waals surface area contributed by atoms with Crippen LogP contribution in [0.5, 0.6) is 5.75 Å². The Morgan fingerprint density at radius 3 is 2.67 bits per heavy atom. The number of anilines is 3. The molecule has 6 rings (SSSR count). The minimum Gasteiger partial charge on any atom is -0.507 e. The molecular weight excluding hydrogens is 538 g/mol. The van der Waals surface area contributed by atoms with Gasteiger partial charge in [0.2, 0.25) is 0 Å². The first-order valence-corrected chi connectivity index (χ1v) is 12.9. The normalized spacial score (nSPS) is 11.9. The van der Waals surface area contributed by atoms with Gasteiger partial charge in [0.1, 0.15) is 34.8 Å².